The molecule has 2 N–H and O–H groups in total. The van der Waals surface area contributed by atoms with E-state index in [4.69, 9.17) is 5.73 Å². The zero-order chi connectivity index (χ0) is 13.4. The molecule has 2 aromatic rings. The van der Waals surface area contributed by atoms with Crippen molar-refractivity contribution in [2.75, 3.05) is 5.73 Å². The minimum Gasteiger partial charge on any atom is -0.383 e. The summed E-state index contributed by atoms with van der Waals surface area (Å²) >= 11 is 0. The van der Waals surface area contributed by atoms with Crippen molar-refractivity contribution in [3.63, 3.8) is 0 Å². The highest BCUT2D eigenvalue weighted by atomic mass is 19.2. The molecule has 2 rings (SSSR count). The molecule has 0 fully saturated rings. The molecule has 0 amide bonds. The molecule has 0 radical (unpaired) electrons. The van der Waals surface area contributed by atoms with E-state index in [1.54, 1.807) is 7.05 Å². The van der Waals surface area contributed by atoms with Gasteiger partial charge in [-0.2, -0.15) is 9.49 Å². The van der Waals surface area contributed by atoms with E-state index in [0.717, 1.165) is 12.1 Å². The van der Waals surface area contributed by atoms with Crippen LogP contribution in [0.15, 0.2) is 18.3 Å². The molecule has 1 aromatic carbocycles. The number of aromatic nitrogens is 2. The normalized spacial score (nSPS) is 10.6. The van der Waals surface area contributed by atoms with Crippen LogP contribution >= 0.6 is 0 Å². The summed E-state index contributed by atoms with van der Waals surface area (Å²) in [6, 6.07) is 1.77. The van der Waals surface area contributed by atoms with Gasteiger partial charge in [-0.05, 0) is 11.6 Å². The monoisotopic (exact) mass is 254 g/mol. The number of nitrogen functional groups attached to an aromatic ring is 1. The topological polar surface area (TPSA) is 87.0 Å². The highest BCUT2D eigenvalue weighted by Crippen LogP contribution is 2.31. The number of nitro benzene ring substituents is 1. The molecule has 0 unspecified atom stereocenters. The summed E-state index contributed by atoms with van der Waals surface area (Å²) in [4.78, 5) is 9.60. The zero-order valence-electron chi connectivity index (χ0n) is 9.22. The number of nitrogens with zero attached hydrogens (tertiary/aromatic N) is 3. The van der Waals surface area contributed by atoms with Crippen molar-refractivity contribution < 1.29 is 13.7 Å². The van der Waals surface area contributed by atoms with E-state index < -0.39 is 22.2 Å². The van der Waals surface area contributed by atoms with E-state index in [0.29, 0.717) is 5.56 Å². The van der Waals surface area contributed by atoms with E-state index in [9.17, 15) is 18.9 Å². The lowest BCUT2D eigenvalue weighted by Crippen LogP contribution is -1.99. The number of aryl methyl sites for hydroxylation is 1. The summed E-state index contributed by atoms with van der Waals surface area (Å²) in [5, 5.41) is 14.4. The van der Waals surface area contributed by atoms with Gasteiger partial charge in [0.2, 0.25) is 5.82 Å². The highest BCUT2D eigenvalue weighted by molar-refractivity contribution is 5.75. The number of hydrogen-bond acceptors (Lipinski definition) is 4. The van der Waals surface area contributed by atoms with Gasteiger partial charge < -0.3 is 5.73 Å². The minimum atomic E-state index is -1.49. The van der Waals surface area contributed by atoms with Crippen molar-refractivity contribution >= 4 is 11.5 Å². The summed E-state index contributed by atoms with van der Waals surface area (Å²) in [5.41, 5.74) is 5.13. The Morgan fingerprint density at radius 1 is 1.44 bits per heavy atom. The molecule has 0 aliphatic heterocycles. The molecule has 6 nitrogen and oxygen atoms in total. The Morgan fingerprint density at radius 2 is 2.11 bits per heavy atom. The second-order valence-electron chi connectivity index (χ2n) is 3.62. The Hall–Kier alpha value is -2.51. The Kier molecular flexibility index (Phi) is 2.70. The number of anilines is 1. The molecule has 1 aromatic heterocycles. The van der Waals surface area contributed by atoms with Gasteiger partial charge in [-0.1, -0.05) is 0 Å². The molecule has 0 bridgehead atoms. The standard InChI is InChI=1S/C10H8F2N4O2/c1-15-10(13)6(4-14-15)5-2-7(11)9(12)8(3-5)16(17)18/h2-4H,13H2,1H3. The first-order valence-corrected chi connectivity index (χ1v) is 4.83. The number of benzene rings is 1. The summed E-state index contributed by atoms with van der Waals surface area (Å²) < 4.78 is 27.8. The van der Waals surface area contributed by atoms with Crippen LogP contribution in [0.4, 0.5) is 20.3 Å². The number of halogens is 2. The number of rotatable bonds is 2. The van der Waals surface area contributed by atoms with Crippen LogP contribution in [0.5, 0.6) is 0 Å². The van der Waals surface area contributed by atoms with Gasteiger partial charge >= 0.3 is 5.69 Å². The molecule has 0 aliphatic rings. The molecule has 0 saturated heterocycles. The van der Waals surface area contributed by atoms with E-state index in [1.807, 2.05) is 0 Å². The first kappa shape index (κ1) is 12.0. The molecule has 18 heavy (non-hydrogen) atoms. The second-order valence-corrected chi connectivity index (χ2v) is 3.62. The van der Waals surface area contributed by atoms with Gasteiger partial charge in [0.05, 0.1) is 11.1 Å². The molecule has 8 heteroatoms. The third-order valence-corrected chi connectivity index (χ3v) is 2.50. The van der Waals surface area contributed by atoms with Crippen LogP contribution in [0.25, 0.3) is 11.1 Å². The zero-order valence-corrected chi connectivity index (χ0v) is 9.22. The summed E-state index contributed by atoms with van der Waals surface area (Å²) in [6.07, 6.45) is 1.33. The van der Waals surface area contributed by atoms with Crippen molar-refractivity contribution in [2.24, 2.45) is 7.05 Å². The number of hydrogen-bond donors (Lipinski definition) is 1. The van der Waals surface area contributed by atoms with Crippen molar-refractivity contribution in [3.8, 4) is 11.1 Å². The number of nitro groups is 1. The molecular formula is C10H8F2N4O2. The Labute approximate surface area is 99.8 Å². The summed E-state index contributed by atoms with van der Waals surface area (Å²) in [7, 11) is 1.56. The van der Waals surface area contributed by atoms with Crippen LogP contribution < -0.4 is 5.73 Å². The maximum absolute atomic E-state index is 13.3. The van der Waals surface area contributed by atoms with Crippen LogP contribution in [0.1, 0.15) is 0 Å². The van der Waals surface area contributed by atoms with Crippen LogP contribution in [0.2, 0.25) is 0 Å². The average Bonchev–Trinajstić information content (AvgIpc) is 2.63. The number of nitrogens with two attached hydrogens (primary N) is 1. The third kappa shape index (κ3) is 1.77. The summed E-state index contributed by atoms with van der Waals surface area (Å²) in [5.74, 6) is -2.59. The van der Waals surface area contributed by atoms with Crippen LogP contribution in [0, 0.1) is 21.7 Å². The molecule has 0 saturated carbocycles. The SMILES string of the molecule is Cn1ncc(-c2cc(F)c(F)c([N+](=O)[O-])c2)c1N. The fourth-order valence-electron chi connectivity index (χ4n) is 1.53. The van der Waals surface area contributed by atoms with Crippen molar-refractivity contribution in [3.05, 3.63) is 40.1 Å². The molecule has 94 valence electrons. The lowest BCUT2D eigenvalue weighted by molar-refractivity contribution is -0.387. The maximum atomic E-state index is 13.3. The van der Waals surface area contributed by atoms with Gasteiger partial charge in [0.25, 0.3) is 0 Å². The smallest absolute Gasteiger partial charge is 0.308 e. The first-order chi connectivity index (χ1) is 8.41. The van der Waals surface area contributed by atoms with E-state index in [-0.39, 0.29) is 11.4 Å². The molecule has 0 spiro atoms. The Morgan fingerprint density at radius 3 is 2.61 bits per heavy atom. The van der Waals surface area contributed by atoms with Crippen molar-refractivity contribution in [1.29, 1.82) is 0 Å². The van der Waals surface area contributed by atoms with Gasteiger partial charge in [-0.15, -0.1) is 0 Å². The van der Waals surface area contributed by atoms with Crippen molar-refractivity contribution in [2.45, 2.75) is 0 Å². The van der Waals surface area contributed by atoms with Crippen LogP contribution in [-0.2, 0) is 7.05 Å². The molecular weight excluding hydrogens is 246 g/mol. The Bertz CT molecular complexity index is 639. The fourth-order valence-corrected chi connectivity index (χ4v) is 1.53. The quantitative estimate of drug-likeness (QED) is 0.654. The molecule has 1 heterocycles. The van der Waals surface area contributed by atoms with Gasteiger partial charge in [-0.3, -0.25) is 14.8 Å². The Balaban J connectivity index is 2.66. The van der Waals surface area contributed by atoms with Gasteiger partial charge in [-0.25, -0.2) is 4.39 Å². The second kappa shape index (κ2) is 4.06. The fraction of sp³-hybridized carbons (Fsp3) is 0.100. The maximum Gasteiger partial charge on any atom is 0.308 e. The van der Waals surface area contributed by atoms with Crippen LogP contribution in [0.3, 0.4) is 0 Å². The summed E-state index contributed by atoms with van der Waals surface area (Å²) in [6.45, 7) is 0. The van der Waals surface area contributed by atoms with Crippen molar-refractivity contribution in [1.82, 2.24) is 9.78 Å². The van der Waals surface area contributed by atoms with E-state index in [1.165, 1.54) is 10.9 Å². The highest BCUT2D eigenvalue weighted by Gasteiger charge is 2.22. The third-order valence-electron chi connectivity index (χ3n) is 2.50. The minimum absolute atomic E-state index is 0.103. The largest absolute Gasteiger partial charge is 0.383 e. The average molecular weight is 254 g/mol. The predicted octanol–water partition coefficient (Wildman–Crippen LogP) is 1.86. The van der Waals surface area contributed by atoms with Gasteiger partial charge in [0, 0.05) is 18.7 Å². The predicted molar refractivity (Wildman–Crippen MR) is 59.6 cm³/mol. The lowest BCUT2D eigenvalue weighted by Gasteiger charge is -2.02. The van der Waals surface area contributed by atoms with Gasteiger partial charge in [0.1, 0.15) is 5.82 Å². The molecule has 0 atom stereocenters. The molecule has 0 aliphatic carbocycles. The lowest BCUT2D eigenvalue weighted by atomic mass is 10.1. The van der Waals surface area contributed by atoms with E-state index >= 15 is 0 Å². The van der Waals surface area contributed by atoms with Crippen LogP contribution in [-0.4, -0.2) is 14.7 Å². The first-order valence-electron chi connectivity index (χ1n) is 4.83. The van der Waals surface area contributed by atoms with Gasteiger partial charge in [0.15, 0.2) is 5.82 Å². The van der Waals surface area contributed by atoms with E-state index in [2.05, 4.69) is 5.10 Å².